The van der Waals surface area contributed by atoms with Crippen LogP contribution in [0.3, 0.4) is 0 Å². The Balaban J connectivity index is 1.87. The molecule has 132 valence electrons. The number of hydrogen-bond donors (Lipinski definition) is 2. The van der Waals surface area contributed by atoms with E-state index in [0.29, 0.717) is 28.0 Å². The number of halogens is 1. The van der Waals surface area contributed by atoms with Crippen LogP contribution in [-0.4, -0.2) is 18.5 Å². The Kier molecular flexibility index (Phi) is 5.19. The number of nitrogens with one attached hydrogen (secondary N) is 1. The Morgan fingerprint density at radius 1 is 1.24 bits per heavy atom. The summed E-state index contributed by atoms with van der Waals surface area (Å²) in [6, 6.07) is 11.3. The number of anilines is 3. The molecule has 1 amide bonds. The van der Waals surface area contributed by atoms with Gasteiger partial charge in [0.1, 0.15) is 0 Å². The molecule has 25 heavy (non-hydrogen) atoms. The maximum absolute atomic E-state index is 12.5. The molecule has 3 rings (SSSR count). The minimum absolute atomic E-state index is 0.190. The van der Waals surface area contributed by atoms with Crippen molar-refractivity contribution in [2.45, 2.75) is 39.2 Å². The number of carbonyl (C=O) groups is 1. The van der Waals surface area contributed by atoms with Gasteiger partial charge in [-0.3, -0.25) is 4.79 Å². The lowest BCUT2D eigenvalue weighted by molar-refractivity contribution is 0.102. The number of rotatable bonds is 3. The maximum Gasteiger partial charge on any atom is 0.255 e. The third kappa shape index (κ3) is 3.90. The quantitative estimate of drug-likeness (QED) is 0.771. The molecule has 4 nitrogen and oxygen atoms in total. The summed E-state index contributed by atoms with van der Waals surface area (Å²) < 4.78 is 0. The maximum atomic E-state index is 12.5. The third-order valence-electron chi connectivity index (χ3n) is 4.84. The fourth-order valence-electron chi connectivity index (χ4n) is 3.39. The zero-order valence-electron chi connectivity index (χ0n) is 14.7. The van der Waals surface area contributed by atoms with E-state index in [-0.39, 0.29) is 5.91 Å². The number of nitrogens with two attached hydrogens (primary N) is 1. The van der Waals surface area contributed by atoms with Gasteiger partial charge in [0.05, 0.1) is 11.4 Å². The first kappa shape index (κ1) is 17.6. The Morgan fingerprint density at radius 3 is 2.64 bits per heavy atom. The normalized spacial score (nSPS) is 17.4. The summed E-state index contributed by atoms with van der Waals surface area (Å²) in [6.07, 6.45) is 3.66. The van der Waals surface area contributed by atoms with Crippen LogP contribution in [0.4, 0.5) is 17.1 Å². The SMILES string of the molecule is Cc1cc(N)c(NC(=O)c2ccc(Cl)cc2)cc1N1CCCC[C@H]1C. The van der Waals surface area contributed by atoms with Crippen LogP contribution in [0, 0.1) is 6.92 Å². The van der Waals surface area contributed by atoms with Crippen molar-refractivity contribution >= 4 is 34.6 Å². The molecule has 0 aliphatic carbocycles. The van der Waals surface area contributed by atoms with Crippen molar-refractivity contribution in [3.8, 4) is 0 Å². The second-order valence-electron chi connectivity index (χ2n) is 6.73. The van der Waals surface area contributed by atoms with Gasteiger partial charge in [0, 0.05) is 28.9 Å². The summed E-state index contributed by atoms with van der Waals surface area (Å²) >= 11 is 5.88. The first-order valence-electron chi connectivity index (χ1n) is 8.69. The van der Waals surface area contributed by atoms with Crippen LogP contribution < -0.4 is 16.0 Å². The lowest BCUT2D eigenvalue weighted by Gasteiger charge is -2.36. The Hall–Kier alpha value is -2.20. The lowest BCUT2D eigenvalue weighted by atomic mass is 10.0. The van der Waals surface area contributed by atoms with Crippen molar-refractivity contribution in [1.82, 2.24) is 0 Å². The number of carbonyl (C=O) groups excluding carboxylic acids is 1. The molecule has 0 unspecified atom stereocenters. The van der Waals surface area contributed by atoms with Crippen LogP contribution in [0.15, 0.2) is 36.4 Å². The van der Waals surface area contributed by atoms with E-state index in [1.165, 1.54) is 19.3 Å². The highest BCUT2D eigenvalue weighted by Crippen LogP contribution is 2.33. The number of piperidine rings is 1. The molecule has 1 saturated heterocycles. The summed E-state index contributed by atoms with van der Waals surface area (Å²) in [5.74, 6) is -0.190. The predicted molar refractivity (Wildman–Crippen MR) is 106 cm³/mol. The van der Waals surface area contributed by atoms with E-state index in [2.05, 4.69) is 24.1 Å². The molecule has 1 fully saturated rings. The van der Waals surface area contributed by atoms with Gasteiger partial charge in [-0.2, -0.15) is 0 Å². The second kappa shape index (κ2) is 7.36. The molecule has 2 aromatic carbocycles. The Morgan fingerprint density at radius 2 is 1.96 bits per heavy atom. The van der Waals surface area contributed by atoms with Crippen LogP contribution in [0.5, 0.6) is 0 Å². The summed E-state index contributed by atoms with van der Waals surface area (Å²) in [4.78, 5) is 14.9. The standard InChI is InChI=1S/C20H24ClN3O/c1-13-11-17(22)18(12-19(13)24-10-4-3-5-14(24)2)23-20(25)15-6-8-16(21)9-7-15/h6-9,11-12,14H,3-5,10,22H2,1-2H3,(H,23,25)/t14-/m1/s1. The zero-order valence-corrected chi connectivity index (χ0v) is 15.4. The molecule has 1 atom stereocenters. The largest absolute Gasteiger partial charge is 0.397 e. The van der Waals surface area contributed by atoms with Crippen molar-refractivity contribution < 1.29 is 4.79 Å². The number of amides is 1. The fraction of sp³-hybridized carbons (Fsp3) is 0.350. The first-order valence-corrected chi connectivity index (χ1v) is 9.07. The van der Waals surface area contributed by atoms with Gasteiger partial charge in [0.25, 0.3) is 5.91 Å². The van der Waals surface area contributed by atoms with Crippen molar-refractivity contribution in [3.05, 3.63) is 52.5 Å². The molecule has 5 heteroatoms. The molecule has 0 saturated carbocycles. The fourth-order valence-corrected chi connectivity index (χ4v) is 3.51. The van der Waals surface area contributed by atoms with Gasteiger partial charge in [0.15, 0.2) is 0 Å². The second-order valence-corrected chi connectivity index (χ2v) is 7.16. The molecule has 0 radical (unpaired) electrons. The predicted octanol–water partition coefficient (Wildman–Crippen LogP) is 4.86. The van der Waals surface area contributed by atoms with Gasteiger partial charge in [-0.05, 0) is 75.1 Å². The van der Waals surface area contributed by atoms with E-state index in [0.717, 1.165) is 17.8 Å². The van der Waals surface area contributed by atoms with Gasteiger partial charge in [-0.25, -0.2) is 0 Å². The van der Waals surface area contributed by atoms with Crippen molar-refractivity contribution in [1.29, 1.82) is 0 Å². The summed E-state index contributed by atoms with van der Waals surface area (Å²) in [7, 11) is 0. The van der Waals surface area contributed by atoms with Crippen LogP contribution in [0.2, 0.25) is 5.02 Å². The summed E-state index contributed by atoms with van der Waals surface area (Å²) in [5.41, 5.74) is 10.2. The van der Waals surface area contributed by atoms with Gasteiger partial charge in [-0.1, -0.05) is 11.6 Å². The average molecular weight is 358 g/mol. The molecule has 1 heterocycles. The van der Waals surface area contributed by atoms with Gasteiger partial charge < -0.3 is 16.0 Å². The van der Waals surface area contributed by atoms with Crippen LogP contribution in [0.25, 0.3) is 0 Å². The molecule has 0 spiro atoms. The highest BCUT2D eigenvalue weighted by molar-refractivity contribution is 6.30. The van der Waals surface area contributed by atoms with Crippen LogP contribution >= 0.6 is 11.6 Å². The van der Waals surface area contributed by atoms with E-state index in [1.807, 2.05) is 12.1 Å². The molecule has 2 aromatic rings. The van der Waals surface area contributed by atoms with Crippen LogP contribution in [0.1, 0.15) is 42.1 Å². The molecular formula is C20H24ClN3O. The molecule has 3 N–H and O–H groups in total. The highest BCUT2D eigenvalue weighted by Gasteiger charge is 2.21. The summed E-state index contributed by atoms with van der Waals surface area (Å²) in [6.45, 7) is 5.36. The Labute approximate surface area is 154 Å². The number of aryl methyl sites for hydroxylation is 1. The minimum atomic E-state index is -0.190. The van der Waals surface area contributed by atoms with Crippen molar-refractivity contribution in [2.24, 2.45) is 0 Å². The van der Waals surface area contributed by atoms with E-state index in [1.54, 1.807) is 24.3 Å². The zero-order chi connectivity index (χ0) is 18.0. The first-order chi connectivity index (χ1) is 12.0. The topological polar surface area (TPSA) is 58.4 Å². The van der Waals surface area contributed by atoms with E-state index < -0.39 is 0 Å². The molecule has 0 aromatic heterocycles. The van der Waals surface area contributed by atoms with E-state index in [4.69, 9.17) is 17.3 Å². The highest BCUT2D eigenvalue weighted by atomic mass is 35.5. The van der Waals surface area contributed by atoms with E-state index in [9.17, 15) is 4.79 Å². The molecule has 1 aliphatic heterocycles. The van der Waals surface area contributed by atoms with Crippen LogP contribution in [-0.2, 0) is 0 Å². The monoisotopic (exact) mass is 357 g/mol. The minimum Gasteiger partial charge on any atom is -0.397 e. The van der Waals surface area contributed by atoms with Crippen molar-refractivity contribution in [3.63, 3.8) is 0 Å². The molecule has 0 bridgehead atoms. The smallest absolute Gasteiger partial charge is 0.255 e. The van der Waals surface area contributed by atoms with Gasteiger partial charge in [0.2, 0.25) is 0 Å². The molecule has 1 aliphatic rings. The number of benzene rings is 2. The Bertz CT molecular complexity index is 773. The van der Waals surface area contributed by atoms with Gasteiger partial charge in [-0.15, -0.1) is 0 Å². The van der Waals surface area contributed by atoms with E-state index >= 15 is 0 Å². The van der Waals surface area contributed by atoms with Gasteiger partial charge >= 0.3 is 0 Å². The third-order valence-corrected chi connectivity index (χ3v) is 5.09. The number of nitrogens with zero attached hydrogens (tertiary/aromatic N) is 1. The number of nitrogen functional groups attached to an aromatic ring is 1. The lowest BCUT2D eigenvalue weighted by Crippen LogP contribution is -2.37. The summed E-state index contributed by atoms with van der Waals surface area (Å²) in [5, 5.41) is 3.54. The van der Waals surface area contributed by atoms with Crippen molar-refractivity contribution in [2.75, 3.05) is 22.5 Å². The average Bonchev–Trinajstić information content (AvgIpc) is 2.58. The number of hydrogen-bond acceptors (Lipinski definition) is 3. The molecular weight excluding hydrogens is 334 g/mol.